The van der Waals surface area contributed by atoms with Gasteiger partial charge in [-0.1, -0.05) is 80.6 Å². The average molecular weight is 563 g/mol. The van der Waals surface area contributed by atoms with Gasteiger partial charge < -0.3 is 9.80 Å². The molecule has 0 spiro atoms. The van der Waals surface area contributed by atoms with E-state index in [1.807, 2.05) is 20.9 Å². The Labute approximate surface area is 255 Å². The van der Waals surface area contributed by atoms with Crippen molar-refractivity contribution >= 4 is 28.4 Å². The lowest BCUT2D eigenvalue weighted by Gasteiger charge is -2.40. The molecule has 0 radical (unpaired) electrons. The van der Waals surface area contributed by atoms with Crippen molar-refractivity contribution in [1.82, 2.24) is 0 Å². The van der Waals surface area contributed by atoms with Crippen LogP contribution in [0.2, 0.25) is 0 Å². The summed E-state index contributed by atoms with van der Waals surface area (Å²) in [6.07, 6.45) is 8.49. The summed E-state index contributed by atoms with van der Waals surface area (Å²) in [5.41, 5.74) is 11.0. The molecule has 0 amide bonds. The van der Waals surface area contributed by atoms with Gasteiger partial charge in [-0.05, 0) is 53.1 Å². The van der Waals surface area contributed by atoms with E-state index in [0.29, 0.717) is 0 Å². The summed E-state index contributed by atoms with van der Waals surface area (Å²) >= 11 is 0. The Kier molecular flexibility index (Phi) is 8.28. The third kappa shape index (κ3) is 5.91. The van der Waals surface area contributed by atoms with Crippen molar-refractivity contribution in [2.45, 2.75) is 26.9 Å². The molecule has 4 heteroatoms. The molecule has 1 aliphatic heterocycles. The molecule has 3 heterocycles. The molecule has 212 valence electrons. The third-order valence-corrected chi connectivity index (χ3v) is 7.77. The van der Waals surface area contributed by atoms with Crippen LogP contribution in [0, 0.1) is 0 Å². The maximum absolute atomic E-state index is 2.44. The fourth-order valence-electron chi connectivity index (χ4n) is 5.64. The van der Waals surface area contributed by atoms with Gasteiger partial charge in [0, 0.05) is 42.1 Å². The SMILES string of the molecule is CC.C[n+]1ccc(-c2cc[n+](Cc3ccc(CN4c5ccccc5N(c5ccccc5)c5ccccc54)cc3)cc2)cc1. The molecule has 0 bridgehead atoms. The molecule has 0 saturated heterocycles. The number of hydrogen-bond acceptors (Lipinski definition) is 2. The fourth-order valence-corrected chi connectivity index (χ4v) is 5.64. The molecule has 0 fully saturated rings. The number of hydrogen-bond donors (Lipinski definition) is 0. The minimum Gasteiger partial charge on any atom is -0.334 e. The normalized spacial score (nSPS) is 11.7. The van der Waals surface area contributed by atoms with Gasteiger partial charge in [0.2, 0.25) is 0 Å². The van der Waals surface area contributed by atoms with Crippen molar-refractivity contribution in [3.8, 4) is 11.1 Å². The van der Waals surface area contributed by atoms with Crippen molar-refractivity contribution in [3.63, 3.8) is 0 Å². The van der Waals surface area contributed by atoms with Crippen LogP contribution in [0.3, 0.4) is 0 Å². The summed E-state index contributed by atoms with van der Waals surface area (Å²) in [6.45, 7) is 5.64. The second kappa shape index (κ2) is 12.7. The number of para-hydroxylation sites is 5. The van der Waals surface area contributed by atoms with Gasteiger partial charge in [-0.25, -0.2) is 9.13 Å². The zero-order valence-electron chi connectivity index (χ0n) is 25.1. The van der Waals surface area contributed by atoms with Crippen molar-refractivity contribution in [1.29, 1.82) is 0 Å². The zero-order valence-corrected chi connectivity index (χ0v) is 25.1. The second-order valence-corrected chi connectivity index (χ2v) is 10.6. The largest absolute Gasteiger partial charge is 0.334 e. The van der Waals surface area contributed by atoms with E-state index in [1.165, 1.54) is 50.7 Å². The summed E-state index contributed by atoms with van der Waals surface area (Å²) in [5.74, 6) is 0. The maximum Gasteiger partial charge on any atom is 0.173 e. The van der Waals surface area contributed by atoms with E-state index in [0.717, 1.165) is 13.1 Å². The Morgan fingerprint density at radius 2 is 0.953 bits per heavy atom. The van der Waals surface area contributed by atoms with E-state index in [-0.39, 0.29) is 0 Å². The molecule has 4 nitrogen and oxygen atoms in total. The molecule has 0 atom stereocenters. The van der Waals surface area contributed by atoms with Gasteiger partial charge in [0.05, 0.1) is 22.7 Å². The van der Waals surface area contributed by atoms with Crippen molar-refractivity contribution in [2.75, 3.05) is 9.80 Å². The molecule has 0 N–H and O–H groups in total. The van der Waals surface area contributed by atoms with Gasteiger partial charge in [0.1, 0.15) is 7.05 Å². The Morgan fingerprint density at radius 1 is 0.488 bits per heavy atom. The Bertz CT molecular complexity index is 1730. The van der Waals surface area contributed by atoms with E-state index >= 15 is 0 Å². The summed E-state index contributed by atoms with van der Waals surface area (Å²) in [4.78, 5) is 4.81. The quantitative estimate of drug-likeness (QED) is 0.189. The number of fused-ring (bicyclic) bond motifs is 2. The first-order valence-corrected chi connectivity index (χ1v) is 15.1. The lowest BCUT2D eigenvalue weighted by molar-refractivity contribution is -0.688. The van der Waals surface area contributed by atoms with E-state index in [2.05, 4.69) is 171 Å². The van der Waals surface area contributed by atoms with Crippen LogP contribution in [0.4, 0.5) is 28.4 Å². The molecule has 0 unspecified atom stereocenters. The highest BCUT2D eigenvalue weighted by Crippen LogP contribution is 2.51. The second-order valence-electron chi connectivity index (χ2n) is 10.6. The molecule has 0 saturated carbocycles. The molecule has 4 aromatic carbocycles. The first-order valence-electron chi connectivity index (χ1n) is 15.1. The summed E-state index contributed by atoms with van der Waals surface area (Å²) in [5, 5.41) is 0. The summed E-state index contributed by atoms with van der Waals surface area (Å²) in [7, 11) is 2.04. The van der Waals surface area contributed by atoms with E-state index < -0.39 is 0 Å². The lowest BCUT2D eigenvalue weighted by atomic mass is 10.0. The third-order valence-electron chi connectivity index (χ3n) is 7.77. The highest BCUT2D eigenvalue weighted by molar-refractivity contribution is 5.97. The smallest absolute Gasteiger partial charge is 0.173 e. The predicted octanol–water partition coefficient (Wildman–Crippen LogP) is 8.66. The molecule has 6 aromatic rings. The highest BCUT2D eigenvalue weighted by atomic mass is 15.3. The topological polar surface area (TPSA) is 14.2 Å². The Hall–Kier alpha value is -5.22. The number of nitrogens with zero attached hydrogens (tertiary/aromatic N) is 4. The summed E-state index contributed by atoms with van der Waals surface area (Å²) < 4.78 is 4.29. The number of aromatic nitrogens is 2. The van der Waals surface area contributed by atoms with Crippen LogP contribution in [-0.2, 0) is 20.1 Å². The Balaban J connectivity index is 0.00000161. The molecule has 7 rings (SSSR count). The number of aryl methyl sites for hydroxylation is 1. The molecular weight excluding hydrogens is 524 g/mol. The number of benzene rings is 4. The fraction of sp³-hybridized carbons (Fsp3) is 0.128. The van der Waals surface area contributed by atoms with Gasteiger partial charge in [0.25, 0.3) is 0 Å². The molecule has 43 heavy (non-hydrogen) atoms. The van der Waals surface area contributed by atoms with E-state index in [4.69, 9.17) is 0 Å². The Morgan fingerprint density at radius 3 is 1.51 bits per heavy atom. The van der Waals surface area contributed by atoms with Gasteiger partial charge >= 0.3 is 0 Å². The van der Waals surface area contributed by atoms with Crippen LogP contribution in [0.5, 0.6) is 0 Å². The van der Waals surface area contributed by atoms with Gasteiger partial charge in [-0.2, -0.15) is 0 Å². The van der Waals surface area contributed by atoms with Crippen molar-refractivity contribution in [2.24, 2.45) is 7.05 Å². The molecule has 0 aliphatic carbocycles. The monoisotopic (exact) mass is 562 g/mol. The van der Waals surface area contributed by atoms with E-state index in [1.54, 1.807) is 0 Å². The maximum atomic E-state index is 2.44. The number of anilines is 5. The van der Waals surface area contributed by atoms with Gasteiger partial charge in [-0.15, -0.1) is 0 Å². The highest BCUT2D eigenvalue weighted by Gasteiger charge is 2.28. The first-order chi connectivity index (χ1) is 21.2. The molecular formula is C39H38N4+2. The van der Waals surface area contributed by atoms with Crippen LogP contribution in [0.15, 0.2) is 152 Å². The average Bonchev–Trinajstić information content (AvgIpc) is 3.08. The zero-order chi connectivity index (χ0) is 29.6. The minimum absolute atomic E-state index is 0.799. The van der Waals surface area contributed by atoms with Crippen LogP contribution >= 0.6 is 0 Å². The number of rotatable bonds is 6. The lowest BCUT2D eigenvalue weighted by Crippen LogP contribution is -2.33. The minimum atomic E-state index is 0.799. The van der Waals surface area contributed by atoms with Crippen LogP contribution in [0.25, 0.3) is 11.1 Å². The van der Waals surface area contributed by atoms with Gasteiger partial charge in [-0.3, -0.25) is 0 Å². The van der Waals surface area contributed by atoms with E-state index in [9.17, 15) is 0 Å². The summed E-state index contributed by atoms with van der Waals surface area (Å²) in [6, 6.07) is 45.7. The van der Waals surface area contributed by atoms with Crippen molar-refractivity contribution in [3.05, 3.63) is 163 Å². The standard InChI is InChI=1S/C37H32N4.C2H6/c1-38-23-19-31(20-24-38)32-21-25-39(26-22-32)27-29-15-17-30(18-16-29)28-40-34-11-5-7-13-36(34)41(33-9-3-2-4-10-33)37-14-8-6-12-35(37)40;1-2/h2-26H,27-28H2,1H3;1-2H3/q+2;. The molecule has 1 aliphatic rings. The number of pyridine rings is 2. The first kappa shape index (κ1) is 27.9. The molecule has 2 aromatic heterocycles. The van der Waals surface area contributed by atoms with Crippen LogP contribution in [0.1, 0.15) is 25.0 Å². The van der Waals surface area contributed by atoms with Gasteiger partial charge in [0.15, 0.2) is 31.3 Å². The van der Waals surface area contributed by atoms with Crippen molar-refractivity contribution < 1.29 is 9.13 Å². The van der Waals surface area contributed by atoms with Crippen LogP contribution < -0.4 is 18.9 Å². The predicted molar refractivity (Wildman–Crippen MR) is 177 cm³/mol. The van der Waals surface area contributed by atoms with Crippen LogP contribution in [-0.4, -0.2) is 0 Å².